The van der Waals surface area contributed by atoms with E-state index in [2.05, 4.69) is 0 Å². The highest BCUT2D eigenvalue weighted by molar-refractivity contribution is 6.19. The Morgan fingerprint density at radius 3 is 2.38 bits per heavy atom. The minimum Gasteiger partial charge on any atom is -0.481 e. The molecule has 16 heavy (non-hydrogen) atoms. The zero-order chi connectivity index (χ0) is 12.2. The van der Waals surface area contributed by atoms with E-state index in [4.69, 9.17) is 16.7 Å². The van der Waals surface area contributed by atoms with Crippen LogP contribution in [0.1, 0.15) is 25.0 Å². The molecule has 0 fully saturated rings. The van der Waals surface area contributed by atoms with Gasteiger partial charge in [0.2, 0.25) is 0 Å². The van der Waals surface area contributed by atoms with Gasteiger partial charge in [-0.05, 0) is 25.0 Å². The first kappa shape index (κ1) is 12.8. The molecule has 1 aromatic rings. The number of allylic oxidation sites excluding steroid dienone is 1. The topological polar surface area (TPSA) is 37.3 Å². The van der Waals surface area contributed by atoms with Crippen molar-refractivity contribution < 1.29 is 9.90 Å². The van der Waals surface area contributed by atoms with Gasteiger partial charge in [0, 0.05) is 5.88 Å². The zero-order valence-electron chi connectivity index (χ0n) is 9.40. The fourth-order valence-electron chi connectivity index (χ4n) is 1.31. The summed E-state index contributed by atoms with van der Waals surface area (Å²) < 4.78 is 0. The van der Waals surface area contributed by atoms with E-state index in [1.165, 1.54) is 0 Å². The van der Waals surface area contributed by atoms with Crippen LogP contribution in [0.3, 0.4) is 0 Å². The van der Waals surface area contributed by atoms with Gasteiger partial charge in [0.15, 0.2) is 0 Å². The number of benzene rings is 1. The van der Waals surface area contributed by atoms with Gasteiger partial charge in [-0.3, -0.25) is 4.79 Å². The summed E-state index contributed by atoms with van der Waals surface area (Å²) in [7, 11) is 0. The van der Waals surface area contributed by atoms with Crippen molar-refractivity contribution in [1.82, 2.24) is 0 Å². The second-order valence-corrected chi connectivity index (χ2v) is 4.42. The van der Waals surface area contributed by atoms with Crippen molar-refractivity contribution in [2.75, 3.05) is 5.88 Å². The van der Waals surface area contributed by atoms with E-state index in [1.807, 2.05) is 36.4 Å². The fourth-order valence-corrected chi connectivity index (χ4v) is 1.40. The Bertz CT molecular complexity index is 391. The number of aliphatic carboxylic acids is 1. The lowest BCUT2D eigenvalue weighted by Gasteiger charge is -2.19. The van der Waals surface area contributed by atoms with E-state index in [-0.39, 0.29) is 0 Å². The van der Waals surface area contributed by atoms with Crippen LogP contribution in [0.2, 0.25) is 0 Å². The molecule has 2 nitrogen and oxygen atoms in total. The van der Waals surface area contributed by atoms with Crippen molar-refractivity contribution in [3.05, 3.63) is 41.5 Å². The predicted octanol–water partition coefficient (Wildman–Crippen LogP) is 3.30. The molecule has 1 N–H and O–H groups in total. The first-order valence-electron chi connectivity index (χ1n) is 5.05. The van der Waals surface area contributed by atoms with Crippen molar-refractivity contribution in [3.8, 4) is 0 Å². The summed E-state index contributed by atoms with van der Waals surface area (Å²) in [6, 6.07) is 7.45. The molecule has 0 heterocycles. The van der Waals surface area contributed by atoms with E-state index >= 15 is 0 Å². The highest BCUT2D eigenvalue weighted by atomic mass is 35.5. The summed E-state index contributed by atoms with van der Waals surface area (Å²) in [5, 5.41) is 9.07. The van der Waals surface area contributed by atoms with E-state index in [1.54, 1.807) is 13.8 Å². The van der Waals surface area contributed by atoms with Gasteiger partial charge in [-0.1, -0.05) is 36.4 Å². The molecule has 1 aromatic carbocycles. The van der Waals surface area contributed by atoms with Gasteiger partial charge in [-0.15, -0.1) is 11.6 Å². The number of halogens is 1. The smallest absolute Gasteiger partial charge is 0.313 e. The molecule has 0 amide bonds. The summed E-state index contributed by atoms with van der Waals surface area (Å²) in [5.74, 6) is -0.348. The lowest BCUT2D eigenvalue weighted by Crippen LogP contribution is -2.28. The number of rotatable bonds is 4. The molecule has 0 aliphatic carbocycles. The molecule has 0 saturated carbocycles. The van der Waals surface area contributed by atoms with Crippen LogP contribution in [-0.2, 0) is 10.2 Å². The maximum Gasteiger partial charge on any atom is 0.313 e. The summed E-state index contributed by atoms with van der Waals surface area (Å²) in [5.41, 5.74) is 0.961. The summed E-state index contributed by atoms with van der Waals surface area (Å²) in [6.07, 6.45) is 3.75. The van der Waals surface area contributed by atoms with Crippen molar-refractivity contribution in [3.63, 3.8) is 0 Å². The number of hydrogen-bond acceptors (Lipinski definition) is 1. The minimum atomic E-state index is -0.852. The SMILES string of the molecule is CC(C)(C(=O)O)c1ccc(C=CCCl)cc1. The van der Waals surface area contributed by atoms with Crippen molar-refractivity contribution in [1.29, 1.82) is 0 Å². The molecule has 0 aromatic heterocycles. The van der Waals surface area contributed by atoms with Gasteiger partial charge < -0.3 is 5.11 Å². The Morgan fingerprint density at radius 2 is 1.94 bits per heavy atom. The molecule has 0 radical (unpaired) electrons. The second kappa shape index (κ2) is 5.17. The molecule has 0 aliphatic heterocycles. The molecule has 1 rings (SSSR count). The first-order chi connectivity index (χ1) is 7.48. The number of carboxylic acids is 1. The molecule has 86 valence electrons. The molecule has 3 heteroatoms. The van der Waals surface area contributed by atoms with E-state index in [0.29, 0.717) is 5.88 Å². The van der Waals surface area contributed by atoms with Gasteiger partial charge in [0.05, 0.1) is 5.41 Å². The predicted molar refractivity (Wildman–Crippen MR) is 66.9 cm³/mol. The minimum absolute atomic E-state index is 0.475. The van der Waals surface area contributed by atoms with Crippen LogP contribution in [0.15, 0.2) is 30.3 Å². The van der Waals surface area contributed by atoms with Gasteiger partial charge in [0.25, 0.3) is 0 Å². The standard InChI is InChI=1S/C13H15ClO2/c1-13(2,12(15)16)11-7-5-10(6-8-11)4-3-9-14/h3-8H,9H2,1-2H3,(H,15,16). The highest BCUT2D eigenvalue weighted by Gasteiger charge is 2.28. The monoisotopic (exact) mass is 238 g/mol. The van der Waals surface area contributed by atoms with Gasteiger partial charge in [0.1, 0.15) is 0 Å². The lowest BCUT2D eigenvalue weighted by molar-refractivity contribution is -0.142. The Kier molecular flexibility index (Phi) is 4.13. The van der Waals surface area contributed by atoms with Crippen molar-refractivity contribution in [2.45, 2.75) is 19.3 Å². The quantitative estimate of drug-likeness (QED) is 0.818. The third-order valence-electron chi connectivity index (χ3n) is 2.57. The van der Waals surface area contributed by atoms with Crippen LogP contribution in [0.25, 0.3) is 6.08 Å². The van der Waals surface area contributed by atoms with Gasteiger partial charge in [-0.2, -0.15) is 0 Å². The number of alkyl halides is 1. The van der Waals surface area contributed by atoms with Crippen LogP contribution in [0.5, 0.6) is 0 Å². The number of carbonyl (C=O) groups is 1. The average Bonchev–Trinajstić information content (AvgIpc) is 2.26. The third kappa shape index (κ3) is 2.86. The molecule has 0 saturated heterocycles. The zero-order valence-corrected chi connectivity index (χ0v) is 10.2. The Morgan fingerprint density at radius 1 is 1.38 bits per heavy atom. The van der Waals surface area contributed by atoms with E-state index < -0.39 is 11.4 Å². The van der Waals surface area contributed by atoms with Crippen LogP contribution >= 0.6 is 11.6 Å². The molecule has 0 aliphatic rings. The first-order valence-corrected chi connectivity index (χ1v) is 5.58. The third-order valence-corrected chi connectivity index (χ3v) is 2.74. The van der Waals surface area contributed by atoms with Crippen LogP contribution in [0.4, 0.5) is 0 Å². The number of carboxylic acid groups (broad SMARTS) is 1. The normalized spacial score (nSPS) is 11.9. The van der Waals surface area contributed by atoms with Crippen LogP contribution < -0.4 is 0 Å². The van der Waals surface area contributed by atoms with Crippen molar-refractivity contribution >= 4 is 23.6 Å². The Balaban J connectivity index is 2.95. The summed E-state index contributed by atoms with van der Waals surface area (Å²) in [4.78, 5) is 11.0. The number of hydrogen-bond donors (Lipinski definition) is 1. The van der Waals surface area contributed by atoms with Gasteiger partial charge >= 0.3 is 5.97 Å². The Labute approximate surface area is 101 Å². The Hall–Kier alpha value is -1.28. The largest absolute Gasteiger partial charge is 0.481 e. The molecule has 0 atom stereocenters. The molecule has 0 bridgehead atoms. The van der Waals surface area contributed by atoms with Crippen LogP contribution in [-0.4, -0.2) is 17.0 Å². The van der Waals surface area contributed by atoms with E-state index in [0.717, 1.165) is 11.1 Å². The lowest BCUT2D eigenvalue weighted by atomic mass is 9.84. The molecule has 0 unspecified atom stereocenters. The maximum atomic E-state index is 11.0. The average molecular weight is 239 g/mol. The van der Waals surface area contributed by atoms with Crippen molar-refractivity contribution in [2.24, 2.45) is 0 Å². The molecular formula is C13H15ClO2. The highest BCUT2D eigenvalue weighted by Crippen LogP contribution is 2.23. The summed E-state index contributed by atoms with van der Waals surface area (Å²) >= 11 is 5.53. The second-order valence-electron chi connectivity index (χ2n) is 4.11. The van der Waals surface area contributed by atoms with Crippen LogP contribution in [0, 0.1) is 0 Å². The fraction of sp³-hybridized carbons (Fsp3) is 0.308. The van der Waals surface area contributed by atoms with E-state index in [9.17, 15) is 4.79 Å². The maximum absolute atomic E-state index is 11.0. The summed E-state index contributed by atoms with van der Waals surface area (Å²) in [6.45, 7) is 3.39. The van der Waals surface area contributed by atoms with Gasteiger partial charge in [-0.25, -0.2) is 0 Å². The molecular weight excluding hydrogens is 224 g/mol. The molecule has 0 spiro atoms.